The van der Waals surface area contributed by atoms with Crippen LogP contribution in [0.3, 0.4) is 0 Å². The second-order valence-corrected chi connectivity index (χ2v) is 7.63. The number of carbonyl (C=O) groups is 1. The molecular formula is C19H16F3NO3S. The van der Waals surface area contributed by atoms with Crippen LogP contribution >= 0.6 is 0 Å². The van der Waals surface area contributed by atoms with E-state index in [0.717, 1.165) is 5.56 Å². The Morgan fingerprint density at radius 1 is 1.07 bits per heavy atom. The molecule has 0 aromatic heterocycles. The molecule has 1 amide bonds. The Labute approximate surface area is 154 Å². The summed E-state index contributed by atoms with van der Waals surface area (Å²) in [5.74, 6) is -1.73. The van der Waals surface area contributed by atoms with Gasteiger partial charge in [-0.25, -0.2) is 8.42 Å². The smallest absolute Gasteiger partial charge is 0.338 e. The standard InChI is InChI=1S/C19H16F3NO3S/c1-14-7-9-16(10-8-14)27(25,26)13-23-18(24)12-11-17(19(20,21)22)15-5-3-2-4-6-15/h2-10,12H,13H2,1H3,(H,23,24). The molecule has 0 aliphatic rings. The van der Waals surface area contributed by atoms with Crippen molar-refractivity contribution in [1.82, 2.24) is 5.32 Å². The van der Waals surface area contributed by atoms with E-state index in [9.17, 15) is 26.4 Å². The summed E-state index contributed by atoms with van der Waals surface area (Å²) in [7, 11) is -3.80. The van der Waals surface area contributed by atoms with Crippen LogP contribution in [0, 0.1) is 6.92 Å². The molecule has 0 bridgehead atoms. The zero-order valence-corrected chi connectivity index (χ0v) is 15.1. The first kappa shape index (κ1) is 20.5. The summed E-state index contributed by atoms with van der Waals surface area (Å²) < 4.78 is 63.7. The molecule has 0 aliphatic heterocycles. The van der Waals surface area contributed by atoms with Crippen LogP contribution in [0.25, 0.3) is 5.57 Å². The summed E-state index contributed by atoms with van der Waals surface area (Å²) >= 11 is 0. The molecule has 0 saturated carbocycles. The van der Waals surface area contributed by atoms with Crippen LogP contribution in [0.1, 0.15) is 11.1 Å². The molecule has 27 heavy (non-hydrogen) atoms. The van der Waals surface area contributed by atoms with Gasteiger partial charge in [0.25, 0.3) is 5.91 Å². The monoisotopic (exact) mass is 395 g/mol. The number of sulfone groups is 1. The van der Waals surface area contributed by atoms with Gasteiger partial charge in [0.05, 0.1) is 4.90 Å². The summed E-state index contributed by atoms with van der Waals surface area (Å²) in [5.41, 5.74) is 1.51. The molecule has 142 valence electrons. The van der Waals surface area contributed by atoms with Crippen LogP contribution in [-0.4, -0.2) is 26.4 Å². The second-order valence-electron chi connectivity index (χ2n) is 5.64. The van der Waals surface area contributed by atoms with Crippen molar-refractivity contribution >= 4 is 21.3 Å². The molecule has 0 radical (unpaired) electrons. The second kappa shape index (κ2) is 8.24. The van der Waals surface area contributed by atoms with Gasteiger partial charge in [0.15, 0.2) is 9.84 Å². The van der Waals surface area contributed by atoms with Gasteiger partial charge in [-0.15, -0.1) is 5.73 Å². The normalized spacial score (nSPS) is 11.4. The lowest BCUT2D eigenvalue weighted by atomic mass is 10.1. The number of halogens is 3. The number of hydrogen-bond donors (Lipinski definition) is 1. The zero-order chi connectivity index (χ0) is 20.1. The Hall–Kier alpha value is -2.83. The van der Waals surface area contributed by atoms with Crippen molar-refractivity contribution in [3.05, 3.63) is 77.5 Å². The van der Waals surface area contributed by atoms with Gasteiger partial charge in [0.2, 0.25) is 0 Å². The first-order valence-corrected chi connectivity index (χ1v) is 9.41. The Bertz CT molecular complexity index is 973. The number of hydrogen-bond acceptors (Lipinski definition) is 3. The molecular weight excluding hydrogens is 379 g/mol. The Morgan fingerprint density at radius 2 is 1.67 bits per heavy atom. The molecule has 0 fully saturated rings. The lowest BCUT2D eigenvalue weighted by Crippen LogP contribution is -2.28. The number of benzene rings is 2. The first-order chi connectivity index (χ1) is 12.6. The van der Waals surface area contributed by atoms with Gasteiger partial charge < -0.3 is 5.32 Å². The van der Waals surface area contributed by atoms with Gasteiger partial charge in [0.1, 0.15) is 11.4 Å². The minimum absolute atomic E-state index is 0.00758. The topological polar surface area (TPSA) is 63.2 Å². The predicted molar refractivity (Wildman–Crippen MR) is 95.4 cm³/mol. The van der Waals surface area contributed by atoms with Crippen LogP contribution in [0.5, 0.6) is 0 Å². The maximum atomic E-state index is 13.1. The fraction of sp³-hybridized carbons (Fsp3) is 0.158. The van der Waals surface area contributed by atoms with E-state index < -0.39 is 33.4 Å². The van der Waals surface area contributed by atoms with Crippen LogP contribution < -0.4 is 5.32 Å². The van der Waals surface area contributed by atoms with Gasteiger partial charge in [0, 0.05) is 6.08 Å². The number of alkyl halides is 3. The molecule has 1 N–H and O–H groups in total. The van der Waals surface area contributed by atoms with Crippen LogP contribution in [0.4, 0.5) is 13.2 Å². The van der Waals surface area contributed by atoms with Gasteiger partial charge in [-0.2, -0.15) is 13.2 Å². The maximum Gasteiger partial charge on any atom is 0.424 e. The molecule has 0 saturated heterocycles. The summed E-state index contributed by atoms with van der Waals surface area (Å²) in [6.07, 6.45) is -4.17. The molecule has 2 aromatic carbocycles. The van der Waals surface area contributed by atoms with Gasteiger partial charge in [-0.1, -0.05) is 48.0 Å². The van der Waals surface area contributed by atoms with Gasteiger partial charge in [-0.05, 0) is 24.6 Å². The first-order valence-electron chi connectivity index (χ1n) is 7.76. The SMILES string of the molecule is Cc1ccc(S(=O)(=O)CNC(=O)C=C=C(c2ccccc2)C(F)(F)F)cc1. The minimum atomic E-state index is -4.72. The van der Waals surface area contributed by atoms with Gasteiger partial charge in [-0.3, -0.25) is 4.79 Å². The maximum absolute atomic E-state index is 13.1. The van der Waals surface area contributed by atoms with Crippen molar-refractivity contribution < 1.29 is 26.4 Å². The molecule has 0 spiro atoms. The highest BCUT2D eigenvalue weighted by atomic mass is 32.2. The van der Waals surface area contributed by atoms with Crippen molar-refractivity contribution in [2.75, 3.05) is 5.88 Å². The van der Waals surface area contributed by atoms with E-state index in [4.69, 9.17) is 0 Å². The fourth-order valence-corrected chi connectivity index (χ4v) is 3.17. The Balaban J connectivity index is 2.17. The van der Waals surface area contributed by atoms with E-state index in [1.54, 1.807) is 25.1 Å². The summed E-state index contributed by atoms with van der Waals surface area (Å²) in [5, 5.41) is 2.07. The molecule has 8 heteroatoms. The minimum Gasteiger partial charge on any atom is -0.338 e. The molecule has 0 atom stereocenters. The van der Waals surface area contributed by atoms with Crippen molar-refractivity contribution in [3.8, 4) is 0 Å². The van der Waals surface area contributed by atoms with Crippen molar-refractivity contribution in [1.29, 1.82) is 0 Å². The van der Waals surface area contributed by atoms with Crippen molar-refractivity contribution in [3.63, 3.8) is 0 Å². The number of carbonyl (C=O) groups excluding carboxylic acids is 1. The highest BCUT2D eigenvalue weighted by Crippen LogP contribution is 2.32. The van der Waals surface area contributed by atoms with Crippen molar-refractivity contribution in [2.45, 2.75) is 18.0 Å². The highest BCUT2D eigenvalue weighted by molar-refractivity contribution is 7.91. The summed E-state index contributed by atoms with van der Waals surface area (Å²) in [4.78, 5) is 11.8. The molecule has 2 aromatic rings. The number of nitrogens with one attached hydrogen (secondary N) is 1. The lowest BCUT2D eigenvalue weighted by molar-refractivity contribution is -0.116. The van der Waals surface area contributed by atoms with E-state index >= 15 is 0 Å². The fourth-order valence-electron chi connectivity index (χ4n) is 2.12. The van der Waals surface area contributed by atoms with Crippen molar-refractivity contribution in [2.24, 2.45) is 0 Å². The van der Waals surface area contributed by atoms with E-state index in [1.165, 1.54) is 36.4 Å². The number of aryl methyl sites for hydroxylation is 1. The Morgan fingerprint density at radius 3 is 2.22 bits per heavy atom. The van der Waals surface area contributed by atoms with Crippen LogP contribution in [0.2, 0.25) is 0 Å². The quantitative estimate of drug-likeness (QED) is 0.621. The average Bonchev–Trinajstić information content (AvgIpc) is 2.60. The molecule has 2 rings (SSSR count). The summed E-state index contributed by atoms with van der Waals surface area (Å²) in [6, 6.07) is 12.9. The van der Waals surface area contributed by atoms with Crippen LogP contribution in [0.15, 0.2) is 71.3 Å². The molecule has 4 nitrogen and oxygen atoms in total. The third-order valence-corrected chi connectivity index (χ3v) is 5.02. The molecule has 0 unspecified atom stereocenters. The van der Waals surface area contributed by atoms with E-state index in [0.29, 0.717) is 6.08 Å². The molecule has 0 aliphatic carbocycles. The average molecular weight is 395 g/mol. The van der Waals surface area contributed by atoms with E-state index in [1.807, 2.05) is 5.73 Å². The van der Waals surface area contributed by atoms with Crippen LogP contribution in [-0.2, 0) is 14.6 Å². The molecule has 0 heterocycles. The predicted octanol–water partition coefficient (Wildman–Crippen LogP) is 3.64. The Kier molecular flexibility index (Phi) is 6.25. The number of rotatable bonds is 5. The highest BCUT2D eigenvalue weighted by Gasteiger charge is 2.34. The largest absolute Gasteiger partial charge is 0.424 e. The van der Waals surface area contributed by atoms with Gasteiger partial charge >= 0.3 is 6.18 Å². The van der Waals surface area contributed by atoms with E-state index in [2.05, 4.69) is 5.32 Å². The third kappa shape index (κ3) is 5.84. The zero-order valence-electron chi connectivity index (χ0n) is 14.2. The third-order valence-electron chi connectivity index (χ3n) is 3.51. The lowest BCUT2D eigenvalue weighted by Gasteiger charge is -2.09. The summed E-state index contributed by atoms with van der Waals surface area (Å²) in [6.45, 7) is 1.79. The number of amides is 1. The van der Waals surface area contributed by atoms with E-state index in [-0.39, 0.29) is 10.5 Å².